The summed E-state index contributed by atoms with van der Waals surface area (Å²) in [6, 6.07) is 6.72. The molecule has 10 atom stereocenters. The number of nitrogens with one attached hydrogen (secondary N) is 1. The highest BCUT2D eigenvalue weighted by Gasteiger charge is 2.46. The average molecular weight is 520 g/mol. The molecule has 0 aromatic heterocycles. The highest BCUT2D eigenvalue weighted by atomic mass is 19.1. The van der Waals surface area contributed by atoms with E-state index in [2.05, 4.69) is 20.1 Å². The predicted molar refractivity (Wildman–Crippen MR) is 117 cm³/mol. The number of hydrogen-bond donors (Lipinski definition) is 6. The molecule has 1 aromatic carbocycles. The summed E-state index contributed by atoms with van der Waals surface area (Å²) in [7, 11) is 0. The van der Waals surface area contributed by atoms with E-state index in [4.69, 9.17) is 25.2 Å². The minimum absolute atomic E-state index is 0.144. The maximum Gasteiger partial charge on any atom is 0.217 e. The summed E-state index contributed by atoms with van der Waals surface area (Å²) in [5.41, 5.74) is 9.36. The van der Waals surface area contributed by atoms with Crippen LogP contribution in [0.3, 0.4) is 0 Å². The van der Waals surface area contributed by atoms with Gasteiger partial charge in [0.15, 0.2) is 24.9 Å². The fourth-order valence-electron chi connectivity index (χ4n) is 3.57. The molecule has 202 valence electrons. The van der Waals surface area contributed by atoms with Gasteiger partial charge in [0.25, 0.3) is 0 Å². The van der Waals surface area contributed by atoms with Crippen molar-refractivity contribution >= 4 is 5.91 Å². The second-order valence-corrected chi connectivity index (χ2v) is 8.06. The molecule has 1 aromatic rings. The third-order valence-electron chi connectivity index (χ3n) is 5.46. The second-order valence-electron chi connectivity index (χ2n) is 8.06. The van der Waals surface area contributed by atoms with Gasteiger partial charge < -0.3 is 45.1 Å². The zero-order valence-electron chi connectivity index (χ0n) is 19.2. The number of carbonyl (C=O) groups excluding carboxylic acids is 1. The van der Waals surface area contributed by atoms with E-state index < -0.39 is 80.5 Å². The number of carbonyl (C=O) groups is 1. The molecule has 13 nitrogen and oxygen atoms in total. The van der Waals surface area contributed by atoms with Crippen molar-refractivity contribution < 1.29 is 53.3 Å². The number of alkyl halides is 2. The SMILES string of the molecule is CC(=O)NC1C(O)OC(CO)[C@@H](F)[C@@H]1O.[N-]=[N+]=NC1[C@H](OCc2ccccc2)OC(CO)[C@@H](F)[C@@H]1O. The molecule has 2 saturated heterocycles. The molecule has 2 fully saturated rings. The van der Waals surface area contributed by atoms with E-state index in [1.54, 1.807) is 0 Å². The molecule has 1 amide bonds. The summed E-state index contributed by atoms with van der Waals surface area (Å²) in [6.45, 7) is 0.0596. The van der Waals surface area contributed by atoms with Crippen LogP contribution in [0.2, 0.25) is 0 Å². The maximum absolute atomic E-state index is 13.8. The lowest BCUT2D eigenvalue weighted by atomic mass is 9.98. The standard InChI is InChI=1S/C13H16FN3O4.C8H14FNO5/c14-10-9(6-18)21-13(11(12(10)19)16-17-15)20-7-8-4-2-1-3-5-8;1-3(12)10-6-7(13)5(9)4(2-11)15-8(6)14/h1-5,9-13,18-19H,6-7H2;4-8,11,13-14H,2H2,1H3,(H,10,12)/t9?,10-,11?,12+,13-;4?,5-,6?,7+,8?/m11/s1. The van der Waals surface area contributed by atoms with Crippen LogP contribution in [0.4, 0.5) is 8.78 Å². The van der Waals surface area contributed by atoms with Crippen LogP contribution in [0.15, 0.2) is 35.4 Å². The summed E-state index contributed by atoms with van der Waals surface area (Å²) >= 11 is 0. The molecule has 0 aliphatic carbocycles. The molecule has 2 aliphatic rings. The summed E-state index contributed by atoms with van der Waals surface area (Å²) in [5, 5.41) is 51.8. The lowest BCUT2D eigenvalue weighted by Gasteiger charge is -2.39. The number of ether oxygens (including phenoxy) is 3. The van der Waals surface area contributed by atoms with Gasteiger partial charge in [-0.05, 0) is 11.1 Å². The van der Waals surface area contributed by atoms with E-state index in [-0.39, 0.29) is 6.61 Å². The quantitative estimate of drug-likeness (QED) is 0.151. The van der Waals surface area contributed by atoms with Crippen LogP contribution in [-0.4, -0.2) is 106 Å². The topological polar surface area (TPSA) is 207 Å². The Morgan fingerprint density at radius 1 is 1.08 bits per heavy atom. The Hall–Kier alpha value is -2.46. The predicted octanol–water partition coefficient (Wildman–Crippen LogP) is -0.802. The minimum atomic E-state index is -1.85. The van der Waals surface area contributed by atoms with E-state index in [9.17, 15) is 28.9 Å². The van der Waals surface area contributed by atoms with Crippen LogP contribution in [-0.2, 0) is 25.6 Å². The Morgan fingerprint density at radius 2 is 1.67 bits per heavy atom. The van der Waals surface area contributed by atoms with Crippen molar-refractivity contribution in [2.75, 3.05) is 13.2 Å². The minimum Gasteiger partial charge on any atom is -0.394 e. The lowest BCUT2D eigenvalue weighted by Crippen LogP contribution is -2.62. The highest BCUT2D eigenvalue weighted by molar-refractivity contribution is 5.73. The Morgan fingerprint density at radius 3 is 2.22 bits per heavy atom. The summed E-state index contributed by atoms with van der Waals surface area (Å²) in [5.74, 6) is -0.517. The number of halogens is 2. The van der Waals surface area contributed by atoms with Gasteiger partial charge in [-0.15, -0.1) is 0 Å². The largest absolute Gasteiger partial charge is 0.394 e. The normalized spacial score (nSPS) is 36.1. The maximum atomic E-state index is 13.8. The van der Waals surface area contributed by atoms with Crippen LogP contribution in [0.25, 0.3) is 10.4 Å². The first-order chi connectivity index (χ1) is 17.1. The van der Waals surface area contributed by atoms with Gasteiger partial charge in [0.1, 0.15) is 36.5 Å². The Kier molecular flexibility index (Phi) is 11.8. The molecule has 0 saturated carbocycles. The van der Waals surface area contributed by atoms with Gasteiger partial charge in [-0.25, -0.2) is 8.78 Å². The van der Waals surface area contributed by atoms with Crippen molar-refractivity contribution in [3.63, 3.8) is 0 Å². The first-order valence-corrected chi connectivity index (χ1v) is 11.0. The molecule has 0 radical (unpaired) electrons. The molecule has 3 rings (SSSR count). The number of rotatable bonds is 7. The van der Waals surface area contributed by atoms with Crippen molar-refractivity contribution in [3.05, 3.63) is 46.3 Å². The fourth-order valence-corrected chi connectivity index (χ4v) is 3.57. The molecule has 2 heterocycles. The smallest absolute Gasteiger partial charge is 0.217 e. The highest BCUT2D eigenvalue weighted by Crippen LogP contribution is 2.27. The van der Waals surface area contributed by atoms with Gasteiger partial charge >= 0.3 is 0 Å². The zero-order valence-corrected chi connectivity index (χ0v) is 19.2. The zero-order chi connectivity index (χ0) is 26.8. The van der Waals surface area contributed by atoms with Crippen molar-refractivity contribution in [2.45, 2.75) is 75.0 Å². The van der Waals surface area contributed by atoms with Gasteiger partial charge in [-0.1, -0.05) is 35.4 Å². The van der Waals surface area contributed by atoms with Gasteiger partial charge in [0.05, 0.1) is 19.8 Å². The summed E-state index contributed by atoms with van der Waals surface area (Å²) < 4.78 is 42.5. The van der Waals surface area contributed by atoms with Crippen molar-refractivity contribution in [1.82, 2.24) is 5.32 Å². The Balaban J connectivity index is 0.000000269. The molecular formula is C21H30F2N4O9. The third kappa shape index (κ3) is 7.77. The first-order valence-electron chi connectivity index (χ1n) is 11.0. The van der Waals surface area contributed by atoms with Crippen molar-refractivity contribution in [3.8, 4) is 0 Å². The van der Waals surface area contributed by atoms with Gasteiger partial charge in [0.2, 0.25) is 5.91 Å². The van der Waals surface area contributed by atoms with E-state index in [1.807, 2.05) is 30.3 Å². The van der Waals surface area contributed by atoms with Crippen LogP contribution < -0.4 is 5.32 Å². The molecule has 6 N–H and O–H groups in total. The second kappa shape index (κ2) is 14.3. The Labute approximate surface area is 204 Å². The number of azide groups is 1. The number of aliphatic hydroxyl groups excluding tert-OH is 5. The number of benzene rings is 1. The molecular weight excluding hydrogens is 490 g/mol. The third-order valence-corrected chi connectivity index (χ3v) is 5.46. The number of amides is 1. The Bertz CT molecular complexity index is 867. The first kappa shape index (κ1) is 29.8. The van der Waals surface area contributed by atoms with Crippen LogP contribution in [0, 0.1) is 0 Å². The van der Waals surface area contributed by atoms with Crippen molar-refractivity contribution in [2.24, 2.45) is 5.11 Å². The summed E-state index contributed by atoms with van der Waals surface area (Å²) in [6.07, 6.45) is -12.0. The number of hydrogen-bond acceptors (Lipinski definition) is 10. The van der Waals surface area contributed by atoms with Crippen LogP contribution in [0.1, 0.15) is 12.5 Å². The molecule has 15 heteroatoms. The van der Waals surface area contributed by atoms with Crippen molar-refractivity contribution in [1.29, 1.82) is 0 Å². The molecule has 2 aliphatic heterocycles. The van der Waals surface area contributed by atoms with Gasteiger partial charge in [-0.2, -0.15) is 0 Å². The van der Waals surface area contributed by atoms with Gasteiger partial charge in [0, 0.05) is 11.8 Å². The van der Waals surface area contributed by atoms with E-state index >= 15 is 0 Å². The molecule has 36 heavy (non-hydrogen) atoms. The number of nitrogens with zero attached hydrogens (tertiary/aromatic N) is 3. The molecule has 0 spiro atoms. The van der Waals surface area contributed by atoms with E-state index in [0.717, 1.165) is 5.56 Å². The van der Waals surface area contributed by atoms with Crippen LogP contribution >= 0.6 is 0 Å². The monoisotopic (exact) mass is 520 g/mol. The van der Waals surface area contributed by atoms with E-state index in [0.29, 0.717) is 0 Å². The lowest BCUT2D eigenvalue weighted by molar-refractivity contribution is -0.257. The average Bonchev–Trinajstić information content (AvgIpc) is 2.87. The van der Waals surface area contributed by atoms with Crippen LogP contribution in [0.5, 0.6) is 0 Å². The molecule has 5 unspecified atom stereocenters. The fraction of sp³-hybridized carbons (Fsp3) is 0.667. The number of aliphatic hydroxyl groups is 5. The van der Waals surface area contributed by atoms with E-state index in [1.165, 1.54) is 6.92 Å². The summed E-state index contributed by atoms with van der Waals surface area (Å²) in [4.78, 5) is 13.3. The van der Waals surface area contributed by atoms with Gasteiger partial charge in [-0.3, -0.25) is 4.79 Å². The molecule has 0 bridgehead atoms.